The van der Waals surface area contributed by atoms with Gasteiger partial charge in [0.2, 0.25) is 0 Å². The summed E-state index contributed by atoms with van der Waals surface area (Å²) in [4.78, 5) is 0. The quantitative estimate of drug-likeness (QED) is 0.715. The molecule has 3 rings (SSSR count). The second-order valence-electron chi connectivity index (χ2n) is 4.31. The predicted octanol–water partition coefficient (Wildman–Crippen LogP) is 2.21. The summed E-state index contributed by atoms with van der Waals surface area (Å²) >= 11 is 0. The Hall–Kier alpha value is -0.760. The molecule has 0 saturated heterocycles. The molecule has 1 fully saturated rings. The van der Waals surface area contributed by atoms with Crippen LogP contribution >= 0.6 is 0 Å². The largest absolute Gasteiger partial charge is 0.469 e. The zero-order valence-electron chi connectivity index (χ0n) is 7.62. The van der Waals surface area contributed by atoms with Crippen LogP contribution in [-0.4, -0.2) is 5.11 Å². The van der Waals surface area contributed by atoms with E-state index in [1.54, 1.807) is 6.26 Å². The maximum Gasteiger partial charge on any atom is 0.109 e. The van der Waals surface area contributed by atoms with Gasteiger partial charge in [0.05, 0.1) is 11.9 Å². The Kier molecular flexibility index (Phi) is 1.40. The zero-order chi connectivity index (χ0) is 8.89. The average molecular weight is 178 g/mol. The second-order valence-corrected chi connectivity index (χ2v) is 4.31. The first-order chi connectivity index (χ1) is 6.31. The van der Waals surface area contributed by atoms with Crippen LogP contribution in [0.2, 0.25) is 0 Å². The fourth-order valence-corrected chi connectivity index (χ4v) is 2.56. The molecule has 0 aliphatic heterocycles. The lowest BCUT2D eigenvalue weighted by Gasteiger charge is -2.31. The van der Waals surface area contributed by atoms with E-state index in [1.807, 2.05) is 6.07 Å². The van der Waals surface area contributed by atoms with Gasteiger partial charge in [0.15, 0.2) is 0 Å². The summed E-state index contributed by atoms with van der Waals surface area (Å²) in [6.07, 6.45) is 7.06. The minimum absolute atomic E-state index is 0.504. The van der Waals surface area contributed by atoms with Crippen molar-refractivity contribution in [2.24, 2.45) is 5.92 Å². The molecule has 2 heteroatoms. The Balaban J connectivity index is 2.07. The van der Waals surface area contributed by atoms with E-state index in [2.05, 4.69) is 0 Å². The number of aryl methyl sites for hydroxylation is 1. The van der Waals surface area contributed by atoms with Crippen LogP contribution in [0.3, 0.4) is 0 Å². The highest BCUT2D eigenvalue weighted by Crippen LogP contribution is 2.51. The number of hydrogen-bond acceptors (Lipinski definition) is 2. The van der Waals surface area contributed by atoms with Crippen LogP contribution in [0, 0.1) is 5.92 Å². The normalized spacial score (nSPS) is 33.0. The molecule has 1 aromatic heterocycles. The van der Waals surface area contributed by atoms with E-state index in [0.29, 0.717) is 5.92 Å². The number of fused-ring (bicyclic) bond motifs is 1. The smallest absolute Gasteiger partial charge is 0.109 e. The summed E-state index contributed by atoms with van der Waals surface area (Å²) in [7, 11) is 0. The van der Waals surface area contributed by atoms with Gasteiger partial charge in [0.1, 0.15) is 5.76 Å². The second kappa shape index (κ2) is 2.38. The number of hydrogen-bond donors (Lipinski definition) is 1. The van der Waals surface area contributed by atoms with Crippen molar-refractivity contribution in [1.29, 1.82) is 0 Å². The van der Waals surface area contributed by atoms with Crippen LogP contribution in [0.5, 0.6) is 0 Å². The van der Waals surface area contributed by atoms with Crippen LogP contribution in [-0.2, 0) is 12.0 Å². The Morgan fingerprint density at radius 2 is 2.31 bits per heavy atom. The molecule has 1 saturated carbocycles. The fourth-order valence-electron chi connectivity index (χ4n) is 2.56. The monoisotopic (exact) mass is 178 g/mol. The van der Waals surface area contributed by atoms with Gasteiger partial charge in [-0.15, -0.1) is 0 Å². The molecule has 0 spiro atoms. The van der Waals surface area contributed by atoms with E-state index in [9.17, 15) is 5.11 Å². The molecule has 0 radical (unpaired) electrons. The Morgan fingerprint density at radius 3 is 3.08 bits per heavy atom. The lowest BCUT2D eigenvalue weighted by molar-refractivity contribution is -0.00598. The van der Waals surface area contributed by atoms with Crippen LogP contribution in [0.15, 0.2) is 16.7 Å². The minimum atomic E-state index is -0.541. The summed E-state index contributed by atoms with van der Waals surface area (Å²) in [5, 5.41) is 10.5. The number of furan rings is 1. The first kappa shape index (κ1) is 7.63. The molecule has 2 nitrogen and oxygen atoms in total. The third kappa shape index (κ3) is 0.983. The molecule has 1 heterocycles. The summed E-state index contributed by atoms with van der Waals surface area (Å²) in [6, 6.07) is 1.95. The topological polar surface area (TPSA) is 33.4 Å². The zero-order valence-corrected chi connectivity index (χ0v) is 7.62. The lowest BCUT2D eigenvalue weighted by Crippen LogP contribution is -2.31. The van der Waals surface area contributed by atoms with Gasteiger partial charge in [-0.2, -0.15) is 0 Å². The van der Waals surface area contributed by atoms with Crippen molar-refractivity contribution in [3.8, 4) is 0 Å². The highest BCUT2D eigenvalue weighted by molar-refractivity contribution is 5.29. The van der Waals surface area contributed by atoms with Gasteiger partial charge in [-0.05, 0) is 37.7 Å². The van der Waals surface area contributed by atoms with Gasteiger partial charge in [-0.1, -0.05) is 0 Å². The van der Waals surface area contributed by atoms with E-state index in [-0.39, 0.29) is 0 Å². The first-order valence-corrected chi connectivity index (χ1v) is 5.10. The van der Waals surface area contributed by atoms with Crippen molar-refractivity contribution in [2.75, 3.05) is 0 Å². The van der Waals surface area contributed by atoms with Crippen molar-refractivity contribution < 1.29 is 9.52 Å². The van der Waals surface area contributed by atoms with E-state index in [1.165, 1.54) is 12.8 Å². The van der Waals surface area contributed by atoms with Crippen LogP contribution < -0.4 is 0 Å². The minimum Gasteiger partial charge on any atom is -0.469 e. The van der Waals surface area contributed by atoms with E-state index >= 15 is 0 Å². The van der Waals surface area contributed by atoms with Crippen LogP contribution in [0.25, 0.3) is 0 Å². The van der Waals surface area contributed by atoms with Crippen molar-refractivity contribution >= 4 is 0 Å². The maximum atomic E-state index is 10.5. The summed E-state index contributed by atoms with van der Waals surface area (Å²) in [5.74, 6) is 1.52. The van der Waals surface area contributed by atoms with Gasteiger partial charge in [0.25, 0.3) is 0 Å². The molecule has 1 aromatic rings. The maximum absolute atomic E-state index is 10.5. The standard InChI is InChI=1S/C11H14O2/c12-11(8-3-4-8)6-1-2-10-9(11)5-7-13-10/h5,7-8,12H,1-4,6H2. The molecule has 0 bridgehead atoms. The summed E-state index contributed by atoms with van der Waals surface area (Å²) < 4.78 is 5.37. The number of rotatable bonds is 1. The average Bonchev–Trinajstić information content (AvgIpc) is 2.86. The van der Waals surface area contributed by atoms with Gasteiger partial charge in [0, 0.05) is 12.0 Å². The molecule has 0 aromatic carbocycles. The van der Waals surface area contributed by atoms with Gasteiger partial charge < -0.3 is 9.52 Å². The molecule has 1 atom stereocenters. The van der Waals surface area contributed by atoms with E-state index < -0.39 is 5.60 Å². The molecule has 0 amide bonds. The summed E-state index contributed by atoms with van der Waals surface area (Å²) in [5.41, 5.74) is 0.530. The van der Waals surface area contributed by atoms with Gasteiger partial charge >= 0.3 is 0 Å². The predicted molar refractivity (Wildman–Crippen MR) is 48.3 cm³/mol. The van der Waals surface area contributed by atoms with E-state index in [4.69, 9.17) is 4.42 Å². The van der Waals surface area contributed by atoms with Crippen LogP contribution in [0.1, 0.15) is 37.0 Å². The Bertz CT molecular complexity index is 325. The molecular formula is C11H14O2. The molecule has 2 aliphatic carbocycles. The van der Waals surface area contributed by atoms with Gasteiger partial charge in [-0.25, -0.2) is 0 Å². The fraction of sp³-hybridized carbons (Fsp3) is 0.636. The van der Waals surface area contributed by atoms with E-state index in [0.717, 1.165) is 30.6 Å². The van der Waals surface area contributed by atoms with Crippen molar-refractivity contribution in [3.05, 3.63) is 23.7 Å². The molecule has 1 N–H and O–H groups in total. The number of aliphatic hydroxyl groups is 1. The lowest BCUT2D eigenvalue weighted by atomic mass is 9.79. The Morgan fingerprint density at radius 1 is 1.46 bits per heavy atom. The van der Waals surface area contributed by atoms with Gasteiger partial charge in [-0.3, -0.25) is 0 Å². The highest BCUT2D eigenvalue weighted by atomic mass is 16.3. The third-order valence-corrected chi connectivity index (χ3v) is 3.43. The van der Waals surface area contributed by atoms with Crippen LogP contribution in [0.4, 0.5) is 0 Å². The molecule has 1 unspecified atom stereocenters. The molecule has 2 aliphatic rings. The Labute approximate surface area is 77.6 Å². The molecular weight excluding hydrogens is 164 g/mol. The van der Waals surface area contributed by atoms with Crippen molar-refractivity contribution in [3.63, 3.8) is 0 Å². The SMILES string of the molecule is OC1(C2CC2)CCCc2occc21. The highest BCUT2D eigenvalue weighted by Gasteiger charge is 2.47. The third-order valence-electron chi connectivity index (χ3n) is 3.43. The first-order valence-electron chi connectivity index (χ1n) is 5.10. The summed E-state index contributed by atoms with van der Waals surface area (Å²) in [6.45, 7) is 0. The molecule has 70 valence electrons. The van der Waals surface area contributed by atoms with Crippen molar-refractivity contribution in [2.45, 2.75) is 37.7 Å². The van der Waals surface area contributed by atoms with Crippen molar-refractivity contribution in [1.82, 2.24) is 0 Å². The molecule has 13 heavy (non-hydrogen) atoms.